The zero-order valence-electron chi connectivity index (χ0n) is 21.5. The topological polar surface area (TPSA) is 187 Å². The molecule has 2 N–H and O–H groups in total. The fourth-order valence-corrected chi connectivity index (χ4v) is 5.43. The summed E-state index contributed by atoms with van der Waals surface area (Å²) in [5.74, 6) is -0.371. The average Bonchev–Trinajstić information content (AvgIpc) is 3.27. The number of nitrogens with one attached hydrogen (secondary N) is 2. The number of aromatic nitrogens is 2. The van der Waals surface area contributed by atoms with Gasteiger partial charge in [-0.25, -0.2) is 9.36 Å². The van der Waals surface area contributed by atoms with Gasteiger partial charge in [0.1, 0.15) is 18.0 Å². The van der Waals surface area contributed by atoms with Gasteiger partial charge in [-0.15, -0.1) is 0 Å². The summed E-state index contributed by atoms with van der Waals surface area (Å²) < 4.78 is 37.3. The van der Waals surface area contributed by atoms with Gasteiger partial charge < -0.3 is 14.0 Å². The van der Waals surface area contributed by atoms with Crippen molar-refractivity contribution in [3.05, 3.63) is 73.4 Å². The lowest BCUT2D eigenvalue weighted by Crippen LogP contribution is -2.39. The zero-order chi connectivity index (χ0) is 27.9. The predicted octanol–water partition coefficient (Wildman–Crippen LogP) is 3.19. The van der Waals surface area contributed by atoms with Crippen molar-refractivity contribution >= 4 is 13.7 Å². The number of methoxy groups -OCH3 is 1. The number of benzene rings is 1. The molecule has 1 aromatic carbocycles. The van der Waals surface area contributed by atoms with Crippen molar-refractivity contribution in [2.45, 2.75) is 58.0 Å². The maximum absolute atomic E-state index is 13.9. The molecule has 0 aliphatic carbocycles. The monoisotopic (exact) mass is 550 g/mol. The minimum absolute atomic E-state index is 0.0455. The molecule has 0 spiro atoms. The number of H-pyrrole nitrogens is 1. The van der Waals surface area contributed by atoms with Gasteiger partial charge in [-0.1, -0.05) is 37.2 Å². The molecular weight excluding hydrogens is 519 g/mol. The van der Waals surface area contributed by atoms with Crippen LogP contribution >= 0.6 is 7.75 Å². The highest BCUT2D eigenvalue weighted by atomic mass is 31.2. The van der Waals surface area contributed by atoms with Gasteiger partial charge in [-0.2, -0.15) is 5.09 Å². The Morgan fingerprint density at radius 1 is 1.34 bits per heavy atom. The number of rotatable bonds is 12. The fourth-order valence-electron chi connectivity index (χ4n) is 3.91. The molecule has 0 bridgehead atoms. The van der Waals surface area contributed by atoms with Crippen LogP contribution in [-0.2, 0) is 23.4 Å². The van der Waals surface area contributed by atoms with Crippen LogP contribution in [0.5, 0.6) is 5.75 Å². The Labute approximate surface area is 218 Å². The summed E-state index contributed by atoms with van der Waals surface area (Å²) in [5, 5.41) is 6.42. The number of nitrogens with zero attached hydrogens (tertiary/aromatic N) is 4. The molecule has 206 valence electrons. The number of para-hydroxylation sites is 1. The lowest BCUT2D eigenvalue weighted by atomic mass is 10.1. The van der Waals surface area contributed by atoms with Crippen LogP contribution < -0.4 is 20.9 Å². The second-order valence-electron chi connectivity index (χ2n) is 9.15. The maximum atomic E-state index is 13.9. The van der Waals surface area contributed by atoms with E-state index < -0.39 is 49.4 Å². The molecule has 2 aromatic rings. The normalized spacial score (nSPS) is 21.3. The lowest BCUT2D eigenvalue weighted by Gasteiger charge is -2.26. The van der Waals surface area contributed by atoms with Crippen molar-refractivity contribution in [3.8, 4) is 5.75 Å². The van der Waals surface area contributed by atoms with Gasteiger partial charge in [0.2, 0.25) is 0 Å². The number of carbonyl (C=O) groups excluding carboxylic acids is 1. The van der Waals surface area contributed by atoms with E-state index in [-0.39, 0.29) is 36.7 Å². The van der Waals surface area contributed by atoms with Crippen LogP contribution in [0.3, 0.4) is 0 Å². The van der Waals surface area contributed by atoms with Crippen molar-refractivity contribution in [2.75, 3.05) is 13.7 Å². The van der Waals surface area contributed by atoms with Gasteiger partial charge in [0.05, 0.1) is 25.9 Å². The first-order chi connectivity index (χ1) is 18.0. The quantitative estimate of drug-likeness (QED) is 0.132. The summed E-state index contributed by atoms with van der Waals surface area (Å²) in [6.45, 7) is 4.94. The van der Waals surface area contributed by atoms with Crippen molar-refractivity contribution in [1.82, 2.24) is 14.6 Å². The van der Waals surface area contributed by atoms with Crippen LogP contribution in [0.25, 0.3) is 10.4 Å². The number of esters is 1. The van der Waals surface area contributed by atoms with Crippen molar-refractivity contribution < 1.29 is 27.9 Å². The largest absolute Gasteiger partial charge is 0.468 e. The zero-order valence-corrected chi connectivity index (χ0v) is 22.4. The van der Waals surface area contributed by atoms with E-state index in [0.29, 0.717) is 0 Å². The molecular formula is C23H31N6O8P. The highest BCUT2D eigenvalue weighted by Crippen LogP contribution is 2.46. The number of carbonyl (C=O) groups is 1. The van der Waals surface area contributed by atoms with E-state index in [1.807, 2.05) is 13.8 Å². The number of azide groups is 1. The van der Waals surface area contributed by atoms with E-state index in [4.69, 9.17) is 24.1 Å². The van der Waals surface area contributed by atoms with Gasteiger partial charge in [0.15, 0.2) is 0 Å². The number of ether oxygens (including phenoxy) is 2. The van der Waals surface area contributed by atoms with E-state index in [9.17, 15) is 18.9 Å². The molecule has 0 saturated carbocycles. The molecule has 2 unspecified atom stereocenters. The summed E-state index contributed by atoms with van der Waals surface area (Å²) in [7, 11) is -2.99. The summed E-state index contributed by atoms with van der Waals surface area (Å²) in [6.07, 6.45) is -0.0749. The number of hydrogen-bond acceptors (Lipinski definition) is 9. The Kier molecular flexibility index (Phi) is 9.90. The predicted molar refractivity (Wildman–Crippen MR) is 137 cm³/mol. The van der Waals surface area contributed by atoms with Crippen LogP contribution in [0.4, 0.5) is 0 Å². The standard InChI is InChI=1S/C23H31N6O8P/c1-14(2)10-18(22(31)34-4)27-38(33,37-16-8-6-5-7-9-16)35-13-19-17(26-28-24)11-20(36-19)29-12-15(3)21(30)25-23(29)32/h5-9,12,14,17-20H,10-11,13H2,1-4H3,(H,27,33)(H,25,30,32)/t17-,18?,19+,20+,38?/m0/s1. The molecule has 1 aliphatic rings. The van der Waals surface area contributed by atoms with E-state index in [2.05, 4.69) is 20.1 Å². The molecule has 0 amide bonds. The smallest absolute Gasteiger partial charge is 0.459 e. The molecule has 38 heavy (non-hydrogen) atoms. The first-order valence-electron chi connectivity index (χ1n) is 11.9. The van der Waals surface area contributed by atoms with Crippen LogP contribution in [0.15, 0.2) is 51.2 Å². The van der Waals surface area contributed by atoms with Crippen LogP contribution in [0, 0.1) is 12.8 Å². The SMILES string of the molecule is COC(=O)C(CC(C)C)NP(=O)(OC[C@H]1O[C@@H](n2cc(C)c(=O)[nH]c2=O)C[C@@H]1N=[N+]=[N-])Oc1ccccc1. The second-order valence-corrected chi connectivity index (χ2v) is 10.8. The Bertz CT molecular complexity index is 1320. The Hall–Kier alpha value is -3.41. The molecule has 15 heteroatoms. The van der Waals surface area contributed by atoms with E-state index in [1.54, 1.807) is 30.3 Å². The Morgan fingerprint density at radius 2 is 2.05 bits per heavy atom. The van der Waals surface area contributed by atoms with Crippen molar-refractivity contribution in [2.24, 2.45) is 11.0 Å². The third kappa shape index (κ3) is 7.56. The van der Waals surface area contributed by atoms with Gasteiger partial charge in [-0.3, -0.25) is 23.7 Å². The van der Waals surface area contributed by atoms with Gasteiger partial charge in [-0.05, 0) is 36.9 Å². The lowest BCUT2D eigenvalue weighted by molar-refractivity contribution is -0.143. The Morgan fingerprint density at radius 3 is 2.68 bits per heavy atom. The summed E-state index contributed by atoms with van der Waals surface area (Å²) in [5.41, 5.74) is 8.12. The first-order valence-corrected chi connectivity index (χ1v) is 13.5. The number of hydrogen-bond donors (Lipinski definition) is 2. The summed E-state index contributed by atoms with van der Waals surface area (Å²) in [4.78, 5) is 41.5. The van der Waals surface area contributed by atoms with E-state index in [0.717, 1.165) is 0 Å². The van der Waals surface area contributed by atoms with E-state index >= 15 is 0 Å². The first kappa shape index (κ1) is 29.2. The minimum Gasteiger partial charge on any atom is -0.468 e. The van der Waals surface area contributed by atoms with Crippen LogP contribution in [-0.4, -0.2) is 47.4 Å². The second kappa shape index (κ2) is 12.9. The van der Waals surface area contributed by atoms with Crippen molar-refractivity contribution in [1.29, 1.82) is 0 Å². The molecule has 2 heterocycles. The Balaban J connectivity index is 1.85. The highest BCUT2D eigenvalue weighted by Gasteiger charge is 2.40. The summed E-state index contributed by atoms with van der Waals surface area (Å²) in [6, 6.07) is 6.46. The molecule has 1 aliphatic heterocycles. The minimum atomic E-state index is -4.22. The molecule has 1 saturated heterocycles. The van der Waals surface area contributed by atoms with Crippen LogP contribution in [0.1, 0.15) is 38.5 Å². The van der Waals surface area contributed by atoms with Crippen LogP contribution in [0.2, 0.25) is 0 Å². The molecule has 5 atom stereocenters. The molecule has 1 aromatic heterocycles. The molecule has 0 radical (unpaired) electrons. The molecule has 3 rings (SSSR count). The van der Waals surface area contributed by atoms with Gasteiger partial charge >= 0.3 is 19.4 Å². The fraction of sp³-hybridized carbons (Fsp3) is 0.522. The summed E-state index contributed by atoms with van der Waals surface area (Å²) >= 11 is 0. The number of aryl methyl sites for hydroxylation is 1. The third-order valence-corrected chi connectivity index (χ3v) is 7.31. The molecule has 1 fully saturated rings. The van der Waals surface area contributed by atoms with E-state index in [1.165, 1.54) is 24.8 Å². The maximum Gasteiger partial charge on any atom is 0.459 e. The number of aromatic amines is 1. The molecule has 14 nitrogen and oxygen atoms in total. The highest BCUT2D eigenvalue weighted by molar-refractivity contribution is 7.52. The van der Waals surface area contributed by atoms with Gasteiger partial charge in [0, 0.05) is 23.1 Å². The van der Waals surface area contributed by atoms with Crippen molar-refractivity contribution in [3.63, 3.8) is 0 Å². The third-order valence-electron chi connectivity index (χ3n) is 5.74. The average molecular weight is 551 g/mol. The van der Waals surface area contributed by atoms with Gasteiger partial charge in [0.25, 0.3) is 5.56 Å².